The van der Waals surface area contributed by atoms with Crippen LogP contribution in [0.4, 0.5) is 5.69 Å². The summed E-state index contributed by atoms with van der Waals surface area (Å²) in [5, 5.41) is 19.4. The first kappa shape index (κ1) is 13.7. The van der Waals surface area contributed by atoms with E-state index in [9.17, 15) is 9.59 Å². The van der Waals surface area contributed by atoms with Crippen molar-refractivity contribution in [3.05, 3.63) is 40.5 Å². The highest BCUT2D eigenvalue weighted by Gasteiger charge is 2.17. The van der Waals surface area contributed by atoms with Gasteiger partial charge in [0.1, 0.15) is 5.69 Å². The Kier molecular flexibility index (Phi) is 3.51. The number of nitrogens with one attached hydrogen (secondary N) is 2. The number of hydrogen-bond acceptors (Lipinski definition) is 4. The summed E-state index contributed by atoms with van der Waals surface area (Å²) in [6.07, 6.45) is 0. The fourth-order valence-corrected chi connectivity index (χ4v) is 1.83. The molecule has 104 valence electrons. The fourth-order valence-electron chi connectivity index (χ4n) is 1.83. The molecule has 0 saturated carbocycles. The van der Waals surface area contributed by atoms with Crippen LogP contribution in [0.1, 0.15) is 37.9 Å². The number of carbonyl (C=O) groups is 2. The third-order valence-corrected chi connectivity index (χ3v) is 2.76. The predicted octanol–water partition coefficient (Wildman–Crippen LogP) is 1.68. The lowest BCUT2D eigenvalue weighted by Gasteiger charge is -2.06. The Morgan fingerprint density at radius 1 is 1.20 bits per heavy atom. The molecule has 0 spiro atoms. The maximum atomic E-state index is 12.2. The van der Waals surface area contributed by atoms with Crippen LogP contribution >= 0.6 is 0 Å². The summed E-state index contributed by atoms with van der Waals surface area (Å²) in [7, 11) is 0. The summed E-state index contributed by atoms with van der Waals surface area (Å²) < 4.78 is 0. The van der Waals surface area contributed by atoms with Gasteiger partial charge >= 0.3 is 5.97 Å². The van der Waals surface area contributed by atoms with Crippen molar-refractivity contribution in [3.8, 4) is 0 Å². The molecule has 0 saturated heterocycles. The monoisotopic (exact) mass is 274 g/mol. The maximum Gasteiger partial charge on any atom is 0.354 e. The fraction of sp³-hybridized carbons (Fsp3) is 0.231. The molecule has 0 fully saturated rings. The van der Waals surface area contributed by atoms with Gasteiger partial charge in [-0.1, -0.05) is 0 Å². The number of aromatic nitrogens is 3. The van der Waals surface area contributed by atoms with Gasteiger partial charge in [-0.25, -0.2) is 4.79 Å². The lowest BCUT2D eigenvalue weighted by Crippen LogP contribution is -2.16. The van der Waals surface area contributed by atoms with E-state index in [-0.39, 0.29) is 11.4 Å². The van der Waals surface area contributed by atoms with Crippen molar-refractivity contribution in [2.75, 3.05) is 5.32 Å². The lowest BCUT2D eigenvalue weighted by molar-refractivity contribution is 0.0692. The summed E-state index contributed by atoms with van der Waals surface area (Å²) in [4.78, 5) is 25.9. The number of hydrogen-bond donors (Lipinski definition) is 3. The number of carboxylic acid groups (broad SMARTS) is 1. The summed E-state index contributed by atoms with van der Waals surface area (Å²) >= 11 is 0. The first-order chi connectivity index (χ1) is 9.38. The first-order valence-corrected chi connectivity index (χ1v) is 5.93. The van der Waals surface area contributed by atoms with Crippen LogP contribution in [-0.2, 0) is 0 Å². The van der Waals surface area contributed by atoms with Gasteiger partial charge < -0.3 is 15.4 Å². The quantitative estimate of drug-likeness (QED) is 0.789. The molecule has 0 bridgehead atoms. The predicted molar refractivity (Wildman–Crippen MR) is 71.9 cm³/mol. The van der Waals surface area contributed by atoms with Crippen molar-refractivity contribution >= 4 is 17.6 Å². The largest absolute Gasteiger partial charge is 0.477 e. The average molecular weight is 274 g/mol. The molecule has 1 amide bonds. The van der Waals surface area contributed by atoms with Crippen LogP contribution in [-0.4, -0.2) is 32.2 Å². The second-order valence-corrected chi connectivity index (χ2v) is 4.49. The number of carbonyl (C=O) groups excluding carboxylic acids is 1. The molecule has 2 aromatic heterocycles. The van der Waals surface area contributed by atoms with Crippen LogP contribution in [0.2, 0.25) is 0 Å². The van der Waals surface area contributed by atoms with E-state index in [4.69, 9.17) is 5.11 Å². The number of aromatic amines is 1. The number of aryl methyl sites for hydroxylation is 3. The Morgan fingerprint density at radius 2 is 1.90 bits per heavy atom. The van der Waals surface area contributed by atoms with Gasteiger partial charge in [0.2, 0.25) is 0 Å². The van der Waals surface area contributed by atoms with Crippen LogP contribution in [0, 0.1) is 20.8 Å². The molecule has 0 aliphatic rings. The molecule has 0 aliphatic carbocycles. The Hall–Kier alpha value is -2.70. The second kappa shape index (κ2) is 5.12. The van der Waals surface area contributed by atoms with E-state index in [1.54, 1.807) is 32.9 Å². The summed E-state index contributed by atoms with van der Waals surface area (Å²) in [6, 6.07) is 3.18. The molecule has 2 aromatic rings. The zero-order valence-corrected chi connectivity index (χ0v) is 11.3. The van der Waals surface area contributed by atoms with E-state index in [1.165, 1.54) is 0 Å². The number of carboxylic acids is 1. The number of rotatable bonds is 3. The van der Waals surface area contributed by atoms with Gasteiger partial charge in [-0.2, -0.15) is 10.2 Å². The van der Waals surface area contributed by atoms with Crippen molar-refractivity contribution in [1.29, 1.82) is 0 Å². The highest BCUT2D eigenvalue weighted by atomic mass is 16.4. The molecule has 0 aromatic carbocycles. The first-order valence-electron chi connectivity index (χ1n) is 5.93. The summed E-state index contributed by atoms with van der Waals surface area (Å²) in [5.41, 5.74) is 2.30. The van der Waals surface area contributed by atoms with Crippen LogP contribution < -0.4 is 5.32 Å². The van der Waals surface area contributed by atoms with E-state index in [2.05, 4.69) is 20.5 Å². The van der Waals surface area contributed by atoms with E-state index < -0.39 is 11.9 Å². The van der Waals surface area contributed by atoms with E-state index in [0.717, 1.165) is 0 Å². The van der Waals surface area contributed by atoms with Gasteiger partial charge in [-0.05, 0) is 32.9 Å². The van der Waals surface area contributed by atoms with Gasteiger partial charge in [0.25, 0.3) is 5.91 Å². The van der Waals surface area contributed by atoms with Crippen molar-refractivity contribution < 1.29 is 14.7 Å². The highest BCUT2D eigenvalue weighted by molar-refractivity contribution is 6.07. The number of H-pyrrole nitrogens is 1. The molecular formula is C13H14N4O3. The van der Waals surface area contributed by atoms with Gasteiger partial charge in [0.05, 0.1) is 22.6 Å². The molecule has 2 heterocycles. The minimum absolute atomic E-state index is 0.0489. The van der Waals surface area contributed by atoms with Crippen LogP contribution in [0.3, 0.4) is 0 Å². The van der Waals surface area contributed by atoms with Crippen molar-refractivity contribution in [3.63, 3.8) is 0 Å². The van der Waals surface area contributed by atoms with Crippen LogP contribution in [0.15, 0.2) is 12.1 Å². The molecule has 0 unspecified atom stereocenters. The van der Waals surface area contributed by atoms with Crippen LogP contribution in [0.5, 0.6) is 0 Å². The van der Waals surface area contributed by atoms with Crippen LogP contribution in [0.25, 0.3) is 0 Å². The van der Waals surface area contributed by atoms with Crippen molar-refractivity contribution in [1.82, 2.24) is 15.2 Å². The Bertz CT molecular complexity index is 691. The van der Waals surface area contributed by atoms with E-state index in [0.29, 0.717) is 22.6 Å². The number of anilines is 1. The van der Waals surface area contributed by atoms with Gasteiger partial charge in [-0.3, -0.25) is 4.79 Å². The standard InChI is InChI=1S/C13H14N4O3/c1-6-5-10(11(14-6)13(19)20)15-12(18)9-4-7(2)16-17-8(9)3/h4-5,14H,1-3H3,(H,15,18)(H,19,20). The zero-order chi connectivity index (χ0) is 14.9. The number of nitrogens with zero attached hydrogens (tertiary/aromatic N) is 2. The Labute approximate surface area is 115 Å². The van der Waals surface area contributed by atoms with Crippen molar-refractivity contribution in [2.24, 2.45) is 0 Å². The number of amides is 1. The summed E-state index contributed by atoms with van der Waals surface area (Å²) in [6.45, 7) is 5.11. The average Bonchev–Trinajstić information content (AvgIpc) is 2.73. The smallest absolute Gasteiger partial charge is 0.354 e. The van der Waals surface area contributed by atoms with Gasteiger partial charge in [-0.15, -0.1) is 0 Å². The topological polar surface area (TPSA) is 108 Å². The van der Waals surface area contributed by atoms with E-state index in [1.807, 2.05) is 0 Å². The maximum absolute atomic E-state index is 12.2. The number of aromatic carboxylic acids is 1. The molecule has 0 atom stereocenters. The molecule has 0 aliphatic heterocycles. The highest BCUT2D eigenvalue weighted by Crippen LogP contribution is 2.18. The molecule has 2 rings (SSSR count). The summed E-state index contributed by atoms with van der Waals surface area (Å²) in [5.74, 6) is -1.55. The Balaban J connectivity index is 2.32. The van der Waals surface area contributed by atoms with Gasteiger partial charge in [0, 0.05) is 5.69 Å². The van der Waals surface area contributed by atoms with Crippen molar-refractivity contribution in [2.45, 2.75) is 20.8 Å². The molecule has 7 nitrogen and oxygen atoms in total. The molecular weight excluding hydrogens is 260 g/mol. The molecule has 20 heavy (non-hydrogen) atoms. The second-order valence-electron chi connectivity index (χ2n) is 4.49. The Morgan fingerprint density at radius 3 is 2.55 bits per heavy atom. The third-order valence-electron chi connectivity index (χ3n) is 2.76. The molecule has 0 radical (unpaired) electrons. The zero-order valence-electron chi connectivity index (χ0n) is 11.3. The third kappa shape index (κ3) is 2.66. The SMILES string of the molecule is Cc1cc(C(=O)Nc2cc(C)[nH]c2C(=O)O)c(C)nn1. The normalized spacial score (nSPS) is 10.3. The minimum atomic E-state index is -1.13. The van der Waals surface area contributed by atoms with E-state index >= 15 is 0 Å². The van der Waals surface area contributed by atoms with Gasteiger partial charge in [0.15, 0.2) is 0 Å². The lowest BCUT2D eigenvalue weighted by atomic mass is 10.2. The molecule has 7 heteroatoms. The molecule has 3 N–H and O–H groups in total. The minimum Gasteiger partial charge on any atom is -0.477 e.